The predicted octanol–water partition coefficient (Wildman–Crippen LogP) is 4.33. The second-order valence-electron chi connectivity index (χ2n) is 7.12. The van der Waals surface area contributed by atoms with Crippen LogP contribution in [0.4, 0.5) is 14.2 Å². The van der Waals surface area contributed by atoms with Gasteiger partial charge in [-0.25, -0.2) is 14.2 Å². The molecule has 3 amide bonds. The Morgan fingerprint density at radius 1 is 1.23 bits per heavy atom. The number of aromatic nitrogens is 1. The molecule has 6 nitrogen and oxygen atoms in total. The highest BCUT2D eigenvalue weighted by molar-refractivity contribution is 7.18. The van der Waals surface area contributed by atoms with E-state index in [1.54, 1.807) is 33.3 Å². The zero-order valence-electron chi connectivity index (χ0n) is 16.6. The van der Waals surface area contributed by atoms with Crippen LogP contribution in [0.3, 0.4) is 0 Å². The molecule has 3 aromatic rings. The van der Waals surface area contributed by atoms with Gasteiger partial charge in [0, 0.05) is 25.0 Å². The molecule has 0 bridgehead atoms. The molecule has 156 valence electrons. The van der Waals surface area contributed by atoms with E-state index in [9.17, 15) is 14.0 Å². The van der Waals surface area contributed by atoms with Gasteiger partial charge in [0.1, 0.15) is 10.8 Å². The van der Waals surface area contributed by atoms with E-state index >= 15 is 0 Å². The number of carbonyl (C=O) groups is 2. The maximum Gasteiger partial charge on any atom is 0.325 e. The van der Waals surface area contributed by atoms with Crippen LogP contribution < -0.4 is 10.2 Å². The number of urea groups is 1. The lowest BCUT2D eigenvalue weighted by Crippen LogP contribution is -2.31. The number of anilines is 1. The van der Waals surface area contributed by atoms with Gasteiger partial charge < -0.3 is 10.2 Å². The summed E-state index contributed by atoms with van der Waals surface area (Å²) in [6, 6.07) is 7.94. The lowest BCUT2D eigenvalue weighted by Gasteiger charge is -2.17. The van der Waals surface area contributed by atoms with Crippen LogP contribution in [-0.4, -0.2) is 34.9 Å². The van der Waals surface area contributed by atoms with E-state index in [0.717, 1.165) is 26.8 Å². The summed E-state index contributed by atoms with van der Waals surface area (Å²) in [6.07, 6.45) is 0. The monoisotopic (exact) mass is 444 g/mol. The zero-order valence-corrected chi connectivity index (χ0v) is 18.3. The standard InChI is InChI=1S/C21H21FN4O2S2/c1-13-9-18(30-19(13)20(27)23-10-17-12-29-14(2)24-17)26-8-7-25(21(26)28)11-15-3-5-16(22)6-4-15/h3-6,9,12H,7-8,10-11H2,1-2H3,(H,23,27). The van der Waals surface area contributed by atoms with Crippen molar-refractivity contribution in [1.82, 2.24) is 15.2 Å². The number of thiazole rings is 1. The van der Waals surface area contributed by atoms with Crippen LogP contribution in [-0.2, 0) is 13.1 Å². The summed E-state index contributed by atoms with van der Waals surface area (Å²) in [7, 11) is 0. The number of nitrogens with one attached hydrogen (secondary N) is 1. The van der Waals surface area contributed by atoms with Gasteiger partial charge in [0.05, 0.1) is 22.1 Å². The first-order valence-electron chi connectivity index (χ1n) is 9.51. The van der Waals surface area contributed by atoms with Crippen molar-refractivity contribution >= 4 is 39.6 Å². The topological polar surface area (TPSA) is 65.5 Å². The minimum atomic E-state index is -0.294. The fourth-order valence-electron chi connectivity index (χ4n) is 3.31. The van der Waals surface area contributed by atoms with Gasteiger partial charge in [-0.15, -0.1) is 22.7 Å². The van der Waals surface area contributed by atoms with Crippen molar-refractivity contribution in [1.29, 1.82) is 0 Å². The highest BCUT2D eigenvalue weighted by Crippen LogP contribution is 2.32. The van der Waals surface area contributed by atoms with Gasteiger partial charge in [0.15, 0.2) is 0 Å². The van der Waals surface area contributed by atoms with Gasteiger partial charge in [-0.3, -0.25) is 9.69 Å². The van der Waals surface area contributed by atoms with Crippen molar-refractivity contribution in [3.63, 3.8) is 0 Å². The molecule has 9 heteroatoms. The summed E-state index contributed by atoms with van der Waals surface area (Å²) in [4.78, 5) is 33.9. The number of aryl methyl sites for hydroxylation is 2. The molecule has 1 aliphatic rings. The van der Waals surface area contributed by atoms with Gasteiger partial charge in [-0.1, -0.05) is 12.1 Å². The number of hydrogen-bond acceptors (Lipinski definition) is 5. The average Bonchev–Trinajstić information content (AvgIpc) is 3.41. The SMILES string of the molecule is Cc1nc(CNC(=O)c2sc(N3CCN(Cc4ccc(F)cc4)C3=O)cc2C)cs1. The van der Waals surface area contributed by atoms with Crippen molar-refractivity contribution < 1.29 is 14.0 Å². The van der Waals surface area contributed by atoms with Crippen LogP contribution in [0, 0.1) is 19.7 Å². The van der Waals surface area contributed by atoms with Crippen molar-refractivity contribution in [2.75, 3.05) is 18.0 Å². The van der Waals surface area contributed by atoms with Crippen LogP contribution in [0.15, 0.2) is 35.7 Å². The van der Waals surface area contributed by atoms with Gasteiger partial charge in [0.25, 0.3) is 5.91 Å². The molecule has 1 aromatic carbocycles. The molecule has 0 unspecified atom stereocenters. The van der Waals surface area contributed by atoms with Crippen molar-refractivity contribution in [2.45, 2.75) is 26.9 Å². The van der Waals surface area contributed by atoms with Crippen LogP contribution >= 0.6 is 22.7 Å². The second-order valence-corrected chi connectivity index (χ2v) is 9.21. The van der Waals surface area contributed by atoms with E-state index in [2.05, 4.69) is 10.3 Å². The molecule has 0 aliphatic carbocycles. The molecule has 2 aromatic heterocycles. The summed E-state index contributed by atoms with van der Waals surface area (Å²) in [5.41, 5.74) is 2.56. The molecule has 1 N–H and O–H groups in total. The van der Waals surface area contributed by atoms with Gasteiger partial charge in [0.2, 0.25) is 0 Å². The number of halogens is 1. The minimum Gasteiger partial charge on any atom is -0.346 e. The van der Waals surface area contributed by atoms with E-state index in [-0.39, 0.29) is 17.8 Å². The molecule has 1 fully saturated rings. The molecular formula is C21H21FN4O2S2. The zero-order chi connectivity index (χ0) is 21.3. The number of amides is 3. The largest absolute Gasteiger partial charge is 0.346 e. The number of hydrogen-bond donors (Lipinski definition) is 1. The Kier molecular flexibility index (Phi) is 5.83. The second kappa shape index (κ2) is 8.53. The lowest BCUT2D eigenvalue weighted by atomic mass is 10.2. The molecule has 0 spiro atoms. The van der Waals surface area contributed by atoms with E-state index in [0.29, 0.717) is 31.1 Å². The van der Waals surface area contributed by atoms with E-state index in [1.165, 1.54) is 23.5 Å². The summed E-state index contributed by atoms with van der Waals surface area (Å²) < 4.78 is 13.1. The number of benzene rings is 1. The van der Waals surface area contributed by atoms with Gasteiger partial charge in [-0.2, -0.15) is 0 Å². The Bertz CT molecular complexity index is 1080. The number of thiophene rings is 1. The molecule has 1 saturated heterocycles. The van der Waals surface area contributed by atoms with Crippen molar-refractivity contribution in [3.05, 3.63) is 68.2 Å². The fourth-order valence-corrected chi connectivity index (χ4v) is 5.03. The van der Waals surface area contributed by atoms with Gasteiger partial charge >= 0.3 is 6.03 Å². The van der Waals surface area contributed by atoms with E-state index < -0.39 is 0 Å². The average molecular weight is 445 g/mol. The van der Waals surface area contributed by atoms with Crippen molar-refractivity contribution in [3.8, 4) is 0 Å². The molecule has 0 saturated carbocycles. The Morgan fingerprint density at radius 3 is 2.70 bits per heavy atom. The fraction of sp³-hybridized carbons (Fsp3) is 0.286. The van der Waals surface area contributed by atoms with Gasteiger partial charge in [-0.05, 0) is 43.2 Å². The lowest BCUT2D eigenvalue weighted by molar-refractivity contribution is 0.0954. The highest BCUT2D eigenvalue weighted by atomic mass is 32.1. The quantitative estimate of drug-likeness (QED) is 0.615. The molecule has 4 rings (SSSR count). The molecule has 30 heavy (non-hydrogen) atoms. The van der Waals surface area contributed by atoms with Crippen molar-refractivity contribution in [2.24, 2.45) is 0 Å². The molecule has 0 atom stereocenters. The first-order chi connectivity index (χ1) is 14.4. The summed E-state index contributed by atoms with van der Waals surface area (Å²) in [6.45, 7) is 5.75. The third kappa shape index (κ3) is 4.36. The third-order valence-corrected chi connectivity index (χ3v) is 6.94. The maximum atomic E-state index is 13.1. The molecule has 3 heterocycles. The maximum absolute atomic E-state index is 13.1. The van der Waals surface area contributed by atoms with Crippen LogP contribution in [0.5, 0.6) is 0 Å². The molecule has 1 aliphatic heterocycles. The molecular weight excluding hydrogens is 423 g/mol. The Hall–Kier alpha value is -2.78. The van der Waals surface area contributed by atoms with E-state index in [1.807, 2.05) is 25.3 Å². The van der Waals surface area contributed by atoms with Crippen LogP contribution in [0.1, 0.15) is 31.5 Å². The summed E-state index contributed by atoms with van der Waals surface area (Å²) in [5, 5.41) is 6.56. The highest BCUT2D eigenvalue weighted by Gasteiger charge is 2.31. The number of carbonyl (C=O) groups excluding carboxylic acids is 2. The summed E-state index contributed by atoms with van der Waals surface area (Å²) >= 11 is 2.87. The molecule has 0 radical (unpaired) electrons. The summed E-state index contributed by atoms with van der Waals surface area (Å²) in [5.74, 6) is -0.456. The third-order valence-electron chi connectivity index (χ3n) is 4.86. The van der Waals surface area contributed by atoms with E-state index in [4.69, 9.17) is 0 Å². The Morgan fingerprint density at radius 2 is 2.00 bits per heavy atom. The Balaban J connectivity index is 1.41. The first kappa shape index (κ1) is 20.5. The minimum absolute atomic E-state index is 0.106. The first-order valence-corrected chi connectivity index (χ1v) is 11.2. The normalized spacial score (nSPS) is 13.9. The van der Waals surface area contributed by atoms with Crippen LogP contribution in [0.2, 0.25) is 0 Å². The number of rotatable bonds is 6. The number of nitrogens with zero attached hydrogens (tertiary/aromatic N) is 3. The smallest absolute Gasteiger partial charge is 0.325 e. The Labute approximate surface area is 182 Å². The predicted molar refractivity (Wildman–Crippen MR) is 117 cm³/mol. The van der Waals surface area contributed by atoms with Crippen LogP contribution in [0.25, 0.3) is 0 Å².